The van der Waals surface area contributed by atoms with Crippen molar-refractivity contribution in [3.05, 3.63) is 0 Å². The smallest absolute Gasteiger partial charge is 0.0469 e. The molecule has 15 heavy (non-hydrogen) atoms. The quantitative estimate of drug-likeness (QED) is 0.725. The lowest BCUT2D eigenvalue weighted by molar-refractivity contribution is 0.0539. The standard InChI is InChI=1S/C12H23NOS/c1-13(9-12(10-15)4-5-12)8-11-2-6-14-7-3-11/h11,15H,2-10H2,1H3. The van der Waals surface area contributed by atoms with Gasteiger partial charge in [0, 0.05) is 26.3 Å². The van der Waals surface area contributed by atoms with E-state index in [9.17, 15) is 0 Å². The van der Waals surface area contributed by atoms with Gasteiger partial charge in [-0.25, -0.2) is 0 Å². The number of ether oxygens (including phenoxy) is 1. The van der Waals surface area contributed by atoms with Gasteiger partial charge in [-0.15, -0.1) is 0 Å². The van der Waals surface area contributed by atoms with Gasteiger partial charge in [-0.3, -0.25) is 0 Å². The van der Waals surface area contributed by atoms with Gasteiger partial charge < -0.3 is 9.64 Å². The number of thiol groups is 1. The Morgan fingerprint density at radius 1 is 1.33 bits per heavy atom. The van der Waals surface area contributed by atoms with Gasteiger partial charge >= 0.3 is 0 Å². The lowest BCUT2D eigenvalue weighted by Crippen LogP contribution is -2.34. The van der Waals surface area contributed by atoms with E-state index in [4.69, 9.17) is 4.74 Å². The van der Waals surface area contributed by atoms with E-state index in [1.54, 1.807) is 0 Å². The van der Waals surface area contributed by atoms with Gasteiger partial charge in [0.15, 0.2) is 0 Å². The second-order valence-corrected chi connectivity index (χ2v) is 5.73. The first-order valence-electron chi connectivity index (χ1n) is 6.11. The Hall–Kier alpha value is 0.270. The summed E-state index contributed by atoms with van der Waals surface area (Å²) in [7, 11) is 2.26. The van der Waals surface area contributed by atoms with Crippen LogP contribution in [0.1, 0.15) is 25.7 Å². The lowest BCUT2D eigenvalue weighted by Gasteiger charge is -2.29. The van der Waals surface area contributed by atoms with E-state index >= 15 is 0 Å². The summed E-state index contributed by atoms with van der Waals surface area (Å²) < 4.78 is 5.38. The largest absolute Gasteiger partial charge is 0.381 e. The second kappa shape index (κ2) is 5.07. The average molecular weight is 229 g/mol. The fraction of sp³-hybridized carbons (Fsp3) is 1.00. The molecule has 0 unspecified atom stereocenters. The van der Waals surface area contributed by atoms with Crippen LogP contribution in [-0.2, 0) is 4.74 Å². The van der Waals surface area contributed by atoms with Gasteiger partial charge in [-0.2, -0.15) is 12.6 Å². The Bertz CT molecular complexity index is 200. The summed E-state index contributed by atoms with van der Waals surface area (Å²) >= 11 is 4.46. The maximum atomic E-state index is 5.38. The van der Waals surface area contributed by atoms with E-state index in [2.05, 4.69) is 24.6 Å². The van der Waals surface area contributed by atoms with Crippen LogP contribution >= 0.6 is 12.6 Å². The van der Waals surface area contributed by atoms with Crippen molar-refractivity contribution >= 4 is 12.6 Å². The summed E-state index contributed by atoms with van der Waals surface area (Å²) in [6.07, 6.45) is 5.26. The minimum atomic E-state index is 0.572. The molecule has 1 aliphatic heterocycles. The molecule has 1 saturated heterocycles. The zero-order chi connectivity index (χ0) is 10.7. The summed E-state index contributed by atoms with van der Waals surface area (Å²) in [6.45, 7) is 4.43. The van der Waals surface area contributed by atoms with Gasteiger partial charge in [0.05, 0.1) is 0 Å². The summed E-state index contributed by atoms with van der Waals surface area (Å²) in [6, 6.07) is 0. The van der Waals surface area contributed by atoms with E-state index in [0.29, 0.717) is 5.41 Å². The molecule has 0 aromatic rings. The van der Waals surface area contributed by atoms with Crippen LogP contribution in [0, 0.1) is 11.3 Å². The molecule has 0 atom stereocenters. The van der Waals surface area contributed by atoms with E-state index in [1.165, 1.54) is 38.8 Å². The molecule has 0 aromatic heterocycles. The highest BCUT2D eigenvalue weighted by atomic mass is 32.1. The maximum Gasteiger partial charge on any atom is 0.0469 e. The molecule has 0 radical (unpaired) electrons. The van der Waals surface area contributed by atoms with Crippen molar-refractivity contribution in [2.24, 2.45) is 11.3 Å². The molecule has 3 heteroatoms. The molecule has 2 aliphatic rings. The zero-order valence-corrected chi connectivity index (χ0v) is 10.6. The van der Waals surface area contributed by atoms with Gasteiger partial charge in [0.25, 0.3) is 0 Å². The molecule has 2 nitrogen and oxygen atoms in total. The fourth-order valence-corrected chi connectivity index (χ4v) is 2.97. The van der Waals surface area contributed by atoms with Crippen molar-refractivity contribution in [2.75, 3.05) is 39.1 Å². The van der Waals surface area contributed by atoms with Crippen LogP contribution in [0.5, 0.6) is 0 Å². The van der Waals surface area contributed by atoms with Gasteiger partial charge in [-0.05, 0) is 49.8 Å². The number of nitrogens with zero attached hydrogens (tertiary/aromatic N) is 1. The van der Waals surface area contributed by atoms with Crippen LogP contribution in [-0.4, -0.2) is 44.0 Å². The van der Waals surface area contributed by atoms with Gasteiger partial charge in [-0.1, -0.05) is 0 Å². The van der Waals surface area contributed by atoms with Crippen LogP contribution in [0.15, 0.2) is 0 Å². The Morgan fingerprint density at radius 3 is 2.53 bits per heavy atom. The molecular formula is C12H23NOS. The third-order valence-electron chi connectivity index (χ3n) is 3.81. The summed E-state index contributed by atoms with van der Waals surface area (Å²) in [5.41, 5.74) is 0.572. The Morgan fingerprint density at radius 2 is 2.00 bits per heavy atom. The molecule has 2 fully saturated rings. The van der Waals surface area contributed by atoms with Crippen LogP contribution in [0.3, 0.4) is 0 Å². The van der Waals surface area contributed by atoms with Crippen molar-refractivity contribution in [2.45, 2.75) is 25.7 Å². The molecule has 0 N–H and O–H groups in total. The van der Waals surface area contributed by atoms with Crippen LogP contribution in [0.25, 0.3) is 0 Å². The van der Waals surface area contributed by atoms with Crippen LogP contribution in [0.2, 0.25) is 0 Å². The SMILES string of the molecule is CN(CC1CCOCC1)CC1(CS)CC1. The molecule has 1 aliphatic carbocycles. The van der Waals surface area contributed by atoms with Crippen molar-refractivity contribution in [3.8, 4) is 0 Å². The molecule has 0 bridgehead atoms. The highest BCUT2D eigenvalue weighted by Crippen LogP contribution is 2.46. The van der Waals surface area contributed by atoms with Crippen LogP contribution in [0.4, 0.5) is 0 Å². The number of rotatable bonds is 5. The topological polar surface area (TPSA) is 12.5 Å². The normalized spacial score (nSPS) is 25.8. The maximum absolute atomic E-state index is 5.38. The minimum absolute atomic E-state index is 0.572. The summed E-state index contributed by atoms with van der Waals surface area (Å²) in [4.78, 5) is 2.51. The average Bonchev–Trinajstić information content (AvgIpc) is 3.00. The predicted molar refractivity (Wildman–Crippen MR) is 66.6 cm³/mol. The predicted octanol–water partition coefficient (Wildman–Crippen LogP) is 2.05. The van der Waals surface area contributed by atoms with Crippen LogP contribution < -0.4 is 0 Å². The monoisotopic (exact) mass is 229 g/mol. The van der Waals surface area contributed by atoms with Crippen molar-refractivity contribution in [1.29, 1.82) is 0 Å². The summed E-state index contributed by atoms with van der Waals surface area (Å²) in [5, 5.41) is 0. The fourth-order valence-electron chi connectivity index (χ4n) is 2.55. The van der Waals surface area contributed by atoms with E-state index in [1.807, 2.05) is 0 Å². The highest BCUT2D eigenvalue weighted by molar-refractivity contribution is 7.80. The Labute approximate surface area is 98.8 Å². The van der Waals surface area contributed by atoms with Crippen molar-refractivity contribution in [3.63, 3.8) is 0 Å². The Kier molecular flexibility index (Phi) is 3.97. The number of hydrogen-bond acceptors (Lipinski definition) is 3. The molecule has 1 heterocycles. The summed E-state index contributed by atoms with van der Waals surface area (Å²) in [5.74, 6) is 1.92. The van der Waals surface area contributed by atoms with Gasteiger partial charge in [0.2, 0.25) is 0 Å². The molecule has 2 rings (SSSR count). The molecular weight excluding hydrogens is 206 g/mol. The first-order chi connectivity index (χ1) is 7.24. The molecule has 88 valence electrons. The number of hydrogen-bond donors (Lipinski definition) is 1. The third-order valence-corrected chi connectivity index (χ3v) is 4.48. The minimum Gasteiger partial charge on any atom is -0.381 e. The van der Waals surface area contributed by atoms with E-state index in [0.717, 1.165) is 24.9 Å². The molecule has 0 amide bonds. The van der Waals surface area contributed by atoms with Crippen molar-refractivity contribution in [1.82, 2.24) is 4.90 Å². The lowest BCUT2D eigenvalue weighted by atomic mass is 9.99. The molecule has 0 spiro atoms. The first kappa shape index (κ1) is 11.7. The molecule has 0 aromatic carbocycles. The van der Waals surface area contributed by atoms with Crippen molar-refractivity contribution < 1.29 is 4.74 Å². The third kappa shape index (κ3) is 3.36. The second-order valence-electron chi connectivity index (χ2n) is 5.41. The highest BCUT2D eigenvalue weighted by Gasteiger charge is 2.41. The van der Waals surface area contributed by atoms with Gasteiger partial charge in [0.1, 0.15) is 0 Å². The first-order valence-corrected chi connectivity index (χ1v) is 6.74. The zero-order valence-electron chi connectivity index (χ0n) is 9.74. The Balaban J connectivity index is 1.69. The molecule has 1 saturated carbocycles. The van der Waals surface area contributed by atoms with E-state index < -0.39 is 0 Å². The van der Waals surface area contributed by atoms with E-state index in [-0.39, 0.29) is 0 Å².